The average Bonchev–Trinajstić information content (AvgIpc) is 2.51. The highest BCUT2D eigenvalue weighted by Gasteiger charge is 2.43. The molecule has 27 heavy (non-hydrogen) atoms. The molecule has 0 spiro atoms. The molecule has 11 nitrogen and oxygen atoms in total. The molecule has 0 aromatic carbocycles. The first-order chi connectivity index (χ1) is 12.5. The minimum Gasteiger partial charge on any atom is -0.462 e. The lowest BCUT2D eigenvalue weighted by Gasteiger charge is -2.33. The normalized spacial score (nSPS) is 14.6. The summed E-state index contributed by atoms with van der Waals surface area (Å²) >= 11 is 0. The minimum atomic E-state index is -1.67. The van der Waals surface area contributed by atoms with Crippen molar-refractivity contribution in [3.63, 3.8) is 0 Å². The van der Waals surface area contributed by atoms with Crippen molar-refractivity contribution in [2.45, 2.75) is 59.0 Å². The Morgan fingerprint density at radius 1 is 0.667 bits per heavy atom. The van der Waals surface area contributed by atoms with Gasteiger partial charge in [0.05, 0.1) is 0 Å². The predicted octanol–water partition coefficient (Wildman–Crippen LogP) is -0.525. The zero-order valence-electron chi connectivity index (χ0n) is 15.6. The molecule has 0 amide bonds. The van der Waals surface area contributed by atoms with Gasteiger partial charge in [-0.1, -0.05) is 0 Å². The van der Waals surface area contributed by atoms with Gasteiger partial charge in [0.1, 0.15) is 6.61 Å². The summed E-state index contributed by atoms with van der Waals surface area (Å²) in [5, 5.41) is 0. The number of esters is 5. The van der Waals surface area contributed by atoms with Crippen LogP contribution in [0.3, 0.4) is 0 Å². The molecule has 0 unspecified atom stereocenters. The number of carbonyl (C=O) groups is 6. The van der Waals surface area contributed by atoms with Crippen molar-refractivity contribution in [1.29, 1.82) is 0 Å². The summed E-state index contributed by atoms with van der Waals surface area (Å²) in [4.78, 5) is 68.0. The molecule has 11 heteroatoms. The third kappa shape index (κ3) is 9.92. The SMILES string of the molecule is CC(=O)OC[C@@H](OC(C)=O)[C@H](OC(C)=O)[C@@H](OC(C)=O)[C@@H](C=O)OC(C)=O. The van der Waals surface area contributed by atoms with Gasteiger partial charge in [-0.05, 0) is 0 Å². The summed E-state index contributed by atoms with van der Waals surface area (Å²) in [6, 6.07) is 0. The highest BCUT2D eigenvalue weighted by Crippen LogP contribution is 2.19. The maximum atomic E-state index is 11.5. The summed E-state index contributed by atoms with van der Waals surface area (Å²) in [5.74, 6) is -4.23. The summed E-state index contributed by atoms with van der Waals surface area (Å²) in [6.45, 7) is 4.56. The maximum Gasteiger partial charge on any atom is 0.303 e. The molecule has 0 aromatic heterocycles. The van der Waals surface area contributed by atoms with Crippen molar-refractivity contribution in [1.82, 2.24) is 0 Å². The number of ether oxygens (including phenoxy) is 5. The van der Waals surface area contributed by atoms with E-state index in [-0.39, 0.29) is 6.29 Å². The van der Waals surface area contributed by atoms with Crippen molar-refractivity contribution in [2.75, 3.05) is 6.61 Å². The van der Waals surface area contributed by atoms with Gasteiger partial charge in [-0.25, -0.2) is 0 Å². The van der Waals surface area contributed by atoms with E-state index in [1.54, 1.807) is 0 Å². The Balaban J connectivity index is 6.00. The first-order valence-electron chi connectivity index (χ1n) is 7.75. The third-order valence-electron chi connectivity index (χ3n) is 2.82. The molecular formula is C16H22O11. The molecule has 0 bridgehead atoms. The van der Waals surface area contributed by atoms with Gasteiger partial charge >= 0.3 is 29.8 Å². The Kier molecular flexibility index (Phi) is 10.3. The van der Waals surface area contributed by atoms with E-state index >= 15 is 0 Å². The largest absolute Gasteiger partial charge is 0.462 e. The van der Waals surface area contributed by atoms with Crippen LogP contribution >= 0.6 is 0 Å². The molecule has 0 aliphatic rings. The molecule has 0 radical (unpaired) electrons. The molecule has 0 aliphatic heterocycles. The second-order valence-corrected chi connectivity index (χ2v) is 5.31. The molecule has 0 N–H and O–H groups in total. The quantitative estimate of drug-likeness (QED) is 0.269. The van der Waals surface area contributed by atoms with Crippen LogP contribution in [0.25, 0.3) is 0 Å². The van der Waals surface area contributed by atoms with E-state index in [9.17, 15) is 28.8 Å². The van der Waals surface area contributed by atoms with Crippen molar-refractivity contribution in [3.05, 3.63) is 0 Å². The van der Waals surface area contributed by atoms with Crippen LogP contribution in [0.15, 0.2) is 0 Å². The van der Waals surface area contributed by atoms with Crippen molar-refractivity contribution >= 4 is 36.1 Å². The molecular weight excluding hydrogens is 368 g/mol. The molecule has 0 rings (SSSR count). The molecule has 0 saturated carbocycles. The Labute approximate surface area is 155 Å². The fraction of sp³-hybridized carbons (Fsp3) is 0.625. The van der Waals surface area contributed by atoms with Crippen LogP contribution in [0.2, 0.25) is 0 Å². The summed E-state index contributed by atoms with van der Waals surface area (Å²) in [5.41, 5.74) is 0. The molecule has 152 valence electrons. The van der Waals surface area contributed by atoms with Gasteiger partial charge in [-0.2, -0.15) is 0 Å². The van der Waals surface area contributed by atoms with Crippen LogP contribution in [0.4, 0.5) is 0 Å². The first-order valence-corrected chi connectivity index (χ1v) is 7.75. The monoisotopic (exact) mass is 390 g/mol. The lowest BCUT2D eigenvalue weighted by atomic mass is 10.0. The van der Waals surface area contributed by atoms with Crippen LogP contribution in [0.5, 0.6) is 0 Å². The molecule has 4 atom stereocenters. The molecule has 0 aliphatic carbocycles. The Bertz CT molecular complexity index is 583. The van der Waals surface area contributed by atoms with Crippen molar-refractivity contribution in [3.8, 4) is 0 Å². The van der Waals surface area contributed by atoms with Gasteiger partial charge in [0.25, 0.3) is 0 Å². The van der Waals surface area contributed by atoms with E-state index in [1.807, 2.05) is 0 Å². The van der Waals surface area contributed by atoms with Crippen molar-refractivity contribution < 1.29 is 52.5 Å². The predicted molar refractivity (Wildman–Crippen MR) is 84.9 cm³/mol. The van der Waals surface area contributed by atoms with Gasteiger partial charge in [0.2, 0.25) is 0 Å². The first kappa shape index (κ1) is 24.0. The van der Waals surface area contributed by atoms with Crippen LogP contribution in [-0.2, 0) is 52.5 Å². The van der Waals surface area contributed by atoms with Gasteiger partial charge in [-0.3, -0.25) is 28.8 Å². The minimum absolute atomic E-state index is 0.155. The van der Waals surface area contributed by atoms with Gasteiger partial charge in [0, 0.05) is 34.6 Å². The standard InChI is InChI=1S/C16H22O11/c1-8(18)23-7-14(25-10(3)20)16(27-12(5)22)15(26-11(4)21)13(6-17)24-9(2)19/h6,13-16H,7H2,1-5H3/t13-,14-,15+,16+/m1/s1. The second kappa shape index (κ2) is 11.6. The smallest absolute Gasteiger partial charge is 0.303 e. The second-order valence-electron chi connectivity index (χ2n) is 5.31. The summed E-state index contributed by atoms with van der Waals surface area (Å²) < 4.78 is 24.6. The van der Waals surface area contributed by atoms with E-state index in [2.05, 4.69) is 0 Å². The Morgan fingerprint density at radius 2 is 1.11 bits per heavy atom. The van der Waals surface area contributed by atoms with Crippen LogP contribution in [-0.4, -0.2) is 67.2 Å². The number of carbonyl (C=O) groups excluding carboxylic acids is 6. The molecule has 0 saturated heterocycles. The van der Waals surface area contributed by atoms with Gasteiger partial charge in [0.15, 0.2) is 30.7 Å². The number of hydrogen-bond donors (Lipinski definition) is 0. The zero-order chi connectivity index (χ0) is 21.1. The van der Waals surface area contributed by atoms with Crippen LogP contribution in [0.1, 0.15) is 34.6 Å². The highest BCUT2D eigenvalue weighted by molar-refractivity contribution is 5.72. The maximum absolute atomic E-state index is 11.5. The zero-order valence-corrected chi connectivity index (χ0v) is 15.6. The lowest BCUT2D eigenvalue weighted by molar-refractivity contribution is -0.201. The fourth-order valence-electron chi connectivity index (χ4n) is 2.03. The van der Waals surface area contributed by atoms with Gasteiger partial charge in [-0.15, -0.1) is 0 Å². The highest BCUT2D eigenvalue weighted by atomic mass is 16.6. The van der Waals surface area contributed by atoms with E-state index in [0.29, 0.717) is 0 Å². The third-order valence-corrected chi connectivity index (χ3v) is 2.82. The fourth-order valence-corrected chi connectivity index (χ4v) is 2.03. The van der Waals surface area contributed by atoms with Crippen LogP contribution in [0, 0.1) is 0 Å². The molecule has 0 fully saturated rings. The number of rotatable bonds is 10. The van der Waals surface area contributed by atoms with E-state index in [0.717, 1.165) is 34.6 Å². The average molecular weight is 390 g/mol. The van der Waals surface area contributed by atoms with Gasteiger partial charge < -0.3 is 23.7 Å². The Hall–Kier alpha value is -2.98. The molecule has 0 heterocycles. The topological polar surface area (TPSA) is 149 Å². The van der Waals surface area contributed by atoms with E-state index in [1.165, 1.54) is 0 Å². The molecule has 0 aromatic rings. The summed E-state index contributed by atoms with van der Waals surface area (Å²) in [6.07, 6.45) is -6.23. The number of aldehydes is 1. The Morgan fingerprint density at radius 3 is 1.48 bits per heavy atom. The van der Waals surface area contributed by atoms with Crippen molar-refractivity contribution in [2.24, 2.45) is 0 Å². The summed E-state index contributed by atoms with van der Waals surface area (Å²) in [7, 11) is 0. The number of hydrogen-bond acceptors (Lipinski definition) is 11. The lowest BCUT2D eigenvalue weighted by Crippen LogP contribution is -2.53. The van der Waals surface area contributed by atoms with Crippen LogP contribution < -0.4 is 0 Å². The van der Waals surface area contributed by atoms with E-state index in [4.69, 9.17) is 23.7 Å². The van der Waals surface area contributed by atoms with E-state index < -0.39 is 60.9 Å².